The first kappa shape index (κ1) is 16.3. The van der Waals surface area contributed by atoms with Crippen molar-refractivity contribution in [3.05, 3.63) is 64.5 Å². The third-order valence-corrected chi connectivity index (χ3v) is 6.90. The summed E-state index contributed by atoms with van der Waals surface area (Å²) < 4.78 is 37.4. The Morgan fingerprint density at radius 2 is 1.92 bits per heavy atom. The fraction of sp³-hybridized carbons (Fsp3) is 0.316. The average molecular weight is 359 g/mol. The van der Waals surface area contributed by atoms with Crippen LogP contribution in [-0.2, 0) is 22.7 Å². The molecule has 25 heavy (non-hydrogen) atoms. The number of rotatable bonds is 2. The minimum atomic E-state index is -3.22. The van der Waals surface area contributed by atoms with Gasteiger partial charge in [0.1, 0.15) is 5.82 Å². The van der Waals surface area contributed by atoms with Gasteiger partial charge in [-0.25, -0.2) is 12.8 Å². The molecule has 1 aliphatic carbocycles. The average Bonchev–Trinajstić information content (AvgIpc) is 2.96. The molecule has 6 heteroatoms. The fourth-order valence-electron chi connectivity index (χ4n) is 3.76. The van der Waals surface area contributed by atoms with Gasteiger partial charge < -0.3 is 5.32 Å². The van der Waals surface area contributed by atoms with E-state index in [1.807, 2.05) is 0 Å². The number of amides is 1. The summed E-state index contributed by atoms with van der Waals surface area (Å²) in [7, 11) is -3.22. The zero-order valence-electron chi connectivity index (χ0n) is 13.6. The normalized spacial score (nSPS) is 20.6. The molecule has 0 saturated heterocycles. The summed E-state index contributed by atoms with van der Waals surface area (Å²) >= 11 is 0. The Bertz CT molecular complexity index is 969. The van der Waals surface area contributed by atoms with Crippen LogP contribution in [0.4, 0.5) is 4.39 Å². The molecule has 4 nitrogen and oxygen atoms in total. The molecule has 0 saturated carbocycles. The molecule has 4 rings (SSSR count). The molecule has 1 amide bonds. The maximum atomic E-state index is 13.3. The molecule has 0 radical (unpaired) electrons. The second kappa shape index (κ2) is 5.95. The van der Waals surface area contributed by atoms with Crippen LogP contribution in [0, 0.1) is 5.82 Å². The third-order valence-electron chi connectivity index (χ3n) is 5.01. The van der Waals surface area contributed by atoms with Crippen molar-refractivity contribution in [1.29, 1.82) is 0 Å². The first-order valence-electron chi connectivity index (χ1n) is 8.39. The number of aryl methyl sites for hydroxylation is 2. The van der Waals surface area contributed by atoms with E-state index in [4.69, 9.17) is 0 Å². The van der Waals surface area contributed by atoms with E-state index in [1.165, 1.54) is 18.2 Å². The minimum Gasteiger partial charge on any atom is -0.345 e. The minimum absolute atomic E-state index is 0.136. The van der Waals surface area contributed by atoms with Crippen molar-refractivity contribution in [2.24, 2.45) is 0 Å². The number of carbonyl (C=O) groups is 1. The molecule has 1 heterocycles. The Labute approximate surface area is 146 Å². The monoisotopic (exact) mass is 359 g/mol. The second-order valence-electron chi connectivity index (χ2n) is 6.65. The van der Waals surface area contributed by atoms with Gasteiger partial charge in [0.25, 0.3) is 5.91 Å². The van der Waals surface area contributed by atoms with E-state index < -0.39 is 9.84 Å². The largest absolute Gasteiger partial charge is 0.345 e. The van der Waals surface area contributed by atoms with Gasteiger partial charge in [-0.15, -0.1) is 0 Å². The zero-order chi connectivity index (χ0) is 17.6. The summed E-state index contributed by atoms with van der Waals surface area (Å²) in [4.78, 5) is 12.9. The number of halogens is 1. The highest BCUT2D eigenvalue weighted by molar-refractivity contribution is 7.91. The van der Waals surface area contributed by atoms with Crippen LogP contribution in [0.5, 0.6) is 0 Å². The molecular formula is C19H18FNO3S. The van der Waals surface area contributed by atoms with Crippen molar-refractivity contribution in [3.8, 4) is 0 Å². The van der Waals surface area contributed by atoms with E-state index in [1.54, 1.807) is 18.2 Å². The quantitative estimate of drug-likeness (QED) is 0.897. The SMILES string of the molecule is O=C(NC1CCc2cc(F)ccc21)c1ccc2c(c1)CCCS2(=O)=O. The van der Waals surface area contributed by atoms with Gasteiger partial charge in [0, 0.05) is 5.56 Å². The molecule has 2 aliphatic rings. The number of hydrogen-bond acceptors (Lipinski definition) is 3. The molecular weight excluding hydrogens is 341 g/mol. The first-order valence-corrected chi connectivity index (χ1v) is 10.0. The van der Waals surface area contributed by atoms with Crippen molar-refractivity contribution in [2.45, 2.75) is 36.6 Å². The topological polar surface area (TPSA) is 63.2 Å². The van der Waals surface area contributed by atoms with Crippen LogP contribution in [-0.4, -0.2) is 20.1 Å². The zero-order valence-corrected chi connectivity index (χ0v) is 14.4. The molecule has 1 atom stereocenters. The first-order chi connectivity index (χ1) is 11.9. The molecule has 1 N–H and O–H groups in total. The standard InChI is InChI=1S/C19H18FNO3S/c20-15-5-6-16-12(11-15)3-7-17(16)21-19(22)14-4-8-18-13(10-14)2-1-9-25(18,23)24/h4-6,8,10-11,17H,1-3,7,9H2,(H,21,22). The predicted octanol–water partition coefficient (Wildman–Crippen LogP) is 2.96. The smallest absolute Gasteiger partial charge is 0.251 e. The van der Waals surface area contributed by atoms with Crippen LogP contribution in [0.2, 0.25) is 0 Å². The molecule has 1 aliphatic heterocycles. The lowest BCUT2D eigenvalue weighted by atomic mass is 10.0. The van der Waals surface area contributed by atoms with Crippen molar-refractivity contribution in [2.75, 3.05) is 5.75 Å². The number of benzene rings is 2. The van der Waals surface area contributed by atoms with E-state index in [9.17, 15) is 17.6 Å². The predicted molar refractivity (Wildman–Crippen MR) is 91.7 cm³/mol. The van der Waals surface area contributed by atoms with Gasteiger partial charge in [-0.1, -0.05) is 6.07 Å². The van der Waals surface area contributed by atoms with E-state index >= 15 is 0 Å². The van der Waals surface area contributed by atoms with Crippen LogP contribution in [0.1, 0.15) is 45.9 Å². The summed E-state index contributed by atoms with van der Waals surface area (Å²) in [5, 5.41) is 2.99. The van der Waals surface area contributed by atoms with Crippen LogP contribution in [0.15, 0.2) is 41.3 Å². The Morgan fingerprint density at radius 3 is 2.76 bits per heavy atom. The van der Waals surface area contributed by atoms with E-state index in [0.717, 1.165) is 24.0 Å². The van der Waals surface area contributed by atoms with Crippen molar-refractivity contribution >= 4 is 15.7 Å². The highest BCUT2D eigenvalue weighted by Crippen LogP contribution is 2.32. The molecule has 130 valence electrons. The van der Waals surface area contributed by atoms with Crippen LogP contribution in [0.3, 0.4) is 0 Å². The highest BCUT2D eigenvalue weighted by atomic mass is 32.2. The highest BCUT2D eigenvalue weighted by Gasteiger charge is 2.27. The molecule has 2 aromatic rings. The third kappa shape index (κ3) is 2.95. The molecule has 1 unspecified atom stereocenters. The molecule has 2 aromatic carbocycles. The summed E-state index contributed by atoms with van der Waals surface area (Å²) in [5.74, 6) is -0.324. The molecule has 0 spiro atoms. The van der Waals surface area contributed by atoms with Gasteiger partial charge in [-0.3, -0.25) is 4.79 Å². The van der Waals surface area contributed by atoms with Gasteiger partial charge in [0.15, 0.2) is 9.84 Å². The Hall–Kier alpha value is -2.21. The molecule has 0 aromatic heterocycles. The summed E-state index contributed by atoms with van der Waals surface area (Å²) in [5.41, 5.74) is 3.07. The van der Waals surface area contributed by atoms with Gasteiger partial charge in [-0.05, 0) is 72.7 Å². The maximum Gasteiger partial charge on any atom is 0.251 e. The van der Waals surface area contributed by atoms with Crippen LogP contribution < -0.4 is 5.32 Å². The van der Waals surface area contributed by atoms with Crippen LogP contribution >= 0.6 is 0 Å². The Morgan fingerprint density at radius 1 is 1.08 bits per heavy atom. The number of nitrogens with one attached hydrogen (secondary N) is 1. The summed E-state index contributed by atoms with van der Waals surface area (Å²) in [6.45, 7) is 0. The number of sulfone groups is 1. The Kier molecular flexibility index (Phi) is 3.87. The summed E-state index contributed by atoms with van der Waals surface area (Å²) in [6, 6.07) is 9.30. The molecule has 0 fully saturated rings. The van der Waals surface area contributed by atoms with Crippen LogP contribution in [0.25, 0.3) is 0 Å². The van der Waals surface area contributed by atoms with Crippen molar-refractivity contribution in [3.63, 3.8) is 0 Å². The fourth-order valence-corrected chi connectivity index (χ4v) is 5.34. The van der Waals surface area contributed by atoms with Gasteiger partial charge in [0.05, 0.1) is 16.7 Å². The lowest BCUT2D eigenvalue weighted by Crippen LogP contribution is -2.27. The van der Waals surface area contributed by atoms with Gasteiger partial charge >= 0.3 is 0 Å². The summed E-state index contributed by atoms with van der Waals surface area (Å²) in [6.07, 6.45) is 2.73. The lowest BCUT2D eigenvalue weighted by molar-refractivity contribution is 0.0936. The number of carbonyl (C=O) groups excluding carboxylic acids is 1. The Balaban J connectivity index is 1.57. The van der Waals surface area contributed by atoms with Crippen molar-refractivity contribution in [1.82, 2.24) is 5.32 Å². The van der Waals surface area contributed by atoms with E-state index in [0.29, 0.717) is 28.9 Å². The van der Waals surface area contributed by atoms with Gasteiger partial charge in [0.2, 0.25) is 0 Å². The number of fused-ring (bicyclic) bond motifs is 2. The lowest BCUT2D eigenvalue weighted by Gasteiger charge is -2.18. The molecule has 0 bridgehead atoms. The van der Waals surface area contributed by atoms with E-state index in [2.05, 4.69) is 5.32 Å². The van der Waals surface area contributed by atoms with Gasteiger partial charge in [-0.2, -0.15) is 0 Å². The second-order valence-corrected chi connectivity index (χ2v) is 8.73. The van der Waals surface area contributed by atoms with E-state index in [-0.39, 0.29) is 23.5 Å². The van der Waals surface area contributed by atoms with Crippen molar-refractivity contribution < 1.29 is 17.6 Å². The number of hydrogen-bond donors (Lipinski definition) is 1. The maximum absolute atomic E-state index is 13.3.